The third-order valence-electron chi connectivity index (χ3n) is 2.81. The van der Waals surface area contributed by atoms with Crippen LogP contribution in [0.2, 0.25) is 0 Å². The molecule has 1 aromatic carbocycles. The largest absolute Gasteiger partial charge is 0.493 e. The van der Waals surface area contributed by atoms with Gasteiger partial charge in [-0.2, -0.15) is 0 Å². The highest BCUT2D eigenvalue weighted by atomic mass is 16.5. The molecule has 0 radical (unpaired) electrons. The first kappa shape index (κ1) is 9.53. The molecule has 0 aliphatic carbocycles. The lowest BCUT2D eigenvalue weighted by atomic mass is 9.97. The fourth-order valence-electron chi connectivity index (χ4n) is 2.01. The van der Waals surface area contributed by atoms with Gasteiger partial charge in [0.25, 0.3) is 0 Å². The van der Waals surface area contributed by atoms with Crippen molar-refractivity contribution in [2.45, 2.75) is 32.8 Å². The molecule has 0 bridgehead atoms. The Morgan fingerprint density at radius 3 is 2.79 bits per heavy atom. The Balaban J connectivity index is 2.57. The van der Waals surface area contributed by atoms with Crippen LogP contribution in [0.4, 0.5) is 0 Å². The van der Waals surface area contributed by atoms with Crippen molar-refractivity contribution in [1.82, 2.24) is 0 Å². The summed E-state index contributed by atoms with van der Waals surface area (Å²) in [6, 6.07) is 4.10. The normalized spacial score (nSPS) is 20.9. The summed E-state index contributed by atoms with van der Waals surface area (Å²) in [6.07, 6.45) is 1.37. The van der Waals surface area contributed by atoms with Gasteiger partial charge in [-0.1, -0.05) is 12.1 Å². The highest BCUT2D eigenvalue weighted by molar-refractivity contribution is 5.47. The number of aryl methyl sites for hydroxylation is 2. The van der Waals surface area contributed by atoms with Crippen molar-refractivity contribution >= 4 is 0 Å². The molecule has 0 unspecified atom stereocenters. The molecule has 0 amide bonds. The second-order valence-electron chi connectivity index (χ2n) is 3.95. The summed E-state index contributed by atoms with van der Waals surface area (Å²) in [6.45, 7) is 4.76. The topological polar surface area (TPSA) is 29.5 Å². The maximum Gasteiger partial charge on any atom is 0.128 e. The zero-order valence-electron chi connectivity index (χ0n) is 8.71. The van der Waals surface area contributed by atoms with Crippen LogP contribution in [0.3, 0.4) is 0 Å². The van der Waals surface area contributed by atoms with Crippen molar-refractivity contribution in [2.75, 3.05) is 6.61 Å². The first-order chi connectivity index (χ1) is 6.70. The van der Waals surface area contributed by atoms with Gasteiger partial charge in [0.15, 0.2) is 0 Å². The quantitative estimate of drug-likeness (QED) is 0.684. The predicted octanol–water partition coefficient (Wildman–Crippen LogP) is 2.51. The van der Waals surface area contributed by atoms with Crippen LogP contribution in [0.25, 0.3) is 0 Å². The zero-order valence-corrected chi connectivity index (χ0v) is 8.71. The first-order valence-electron chi connectivity index (χ1n) is 5.11. The number of hydrogen-bond donors (Lipinski definition) is 1. The van der Waals surface area contributed by atoms with Crippen molar-refractivity contribution in [3.8, 4) is 5.75 Å². The summed E-state index contributed by atoms with van der Waals surface area (Å²) in [4.78, 5) is 0. The second-order valence-corrected chi connectivity index (χ2v) is 3.95. The molecule has 1 heterocycles. The molecular formula is C12H16O2. The fraction of sp³-hybridized carbons (Fsp3) is 0.500. The molecule has 1 atom stereocenters. The van der Waals surface area contributed by atoms with Gasteiger partial charge in [-0.25, -0.2) is 0 Å². The number of aliphatic hydroxyl groups is 1. The number of ether oxygens (including phenoxy) is 1. The van der Waals surface area contributed by atoms with Crippen LogP contribution < -0.4 is 4.74 Å². The number of aliphatic hydroxyl groups excluding tert-OH is 1. The van der Waals surface area contributed by atoms with Crippen LogP contribution >= 0.6 is 0 Å². The summed E-state index contributed by atoms with van der Waals surface area (Å²) in [5.41, 5.74) is 3.23. The van der Waals surface area contributed by atoms with Crippen LogP contribution in [0.5, 0.6) is 5.75 Å². The van der Waals surface area contributed by atoms with E-state index in [0.717, 1.165) is 35.3 Å². The van der Waals surface area contributed by atoms with Crippen LogP contribution in [-0.2, 0) is 0 Å². The number of fused-ring (bicyclic) bond motifs is 1. The number of benzene rings is 1. The van der Waals surface area contributed by atoms with E-state index >= 15 is 0 Å². The molecule has 2 rings (SSSR count). The Hall–Kier alpha value is -1.02. The highest BCUT2D eigenvalue weighted by Gasteiger charge is 2.20. The van der Waals surface area contributed by atoms with Gasteiger partial charge >= 0.3 is 0 Å². The lowest BCUT2D eigenvalue weighted by molar-refractivity contribution is 0.167. The van der Waals surface area contributed by atoms with Crippen molar-refractivity contribution in [1.29, 1.82) is 0 Å². The van der Waals surface area contributed by atoms with E-state index in [2.05, 4.69) is 0 Å². The van der Waals surface area contributed by atoms with Gasteiger partial charge in [-0.3, -0.25) is 0 Å². The summed E-state index contributed by atoms with van der Waals surface area (Å²) in [7, 11) is 0. The van der Waals surface area contributed by atoms with E-state index in [0.29, 0.717) is 6.61 Å². The Morgan fingerprint density at radius 1 is 1.29 bits per heavy atom. The number of rotatable bonds is 0. The lowest BCUT2D eigenvalue weighted by Gasteiger charge is -2.15. The zero-order chi connectivity index (χ0) is 10.1. The molecule has 0 fully saturated rings. The van der Waals surface area contributed by atoms with Gasteiger partial charge in [0.2, 0.25) is 0 Å². The average molecular weight is 192 g/mol. The van der Waals surface area contributed by atoms with Crippen LogP contribution in [0.1, 0.15) is 35.6 Å². The fourth-order valence-corrected chi connectivity index (χ4v) is 2.01. The molecule has 2 heteroatoms. The van der Waals surface area contributed by atoms with Gasteiger partial charge in [-0.15, -0.1) is 0 Å². The Morgan fingerprint density at radius 2 is 2.00 bits per heavy atom. The standard InChI is InChI=1S/C12H16O2/c1-8-5-6-9(2)12-11(8)10(13)4-3-7-14-12/h5-6,10,13H,3-4,7H2,1-2H3/t10-/m0/s1. The predicted molar refractivity (Wildman–Crippen MR) is 55.6 cm³/mol. The van der Waals surface area contributed by atoms with Gasteiger partial charge in [-0.05, 0) is 37.8 Å². The minimum absolute atomic E-state index is 0.354. The molecular weight excluding hydrogens is 176 g/mol. The van der Waals surface area contributed by atoms with Crippen LogP contribution in [-0.4, -0.2) is 11.7 Å². The molecule has 1 aromatic rings. The van der Waals surface area contributed by atoms with E-state index in [1.165, 1.54) is 0 Å². The van der Waals surface area contributed by atoms with E-state index < -0.39 is 0 Å². The molecule has 76 valence electrons. The molecule has 0 spiro atoms. The van der Waals surface area contributed by atoms with Crippen LogP contribution in [0, 0.1) is 13.8 Å². The molecule has 0 saturated heterocycles. The highest BCUT2D eigenvalue weighted by Crippen LogP contribution is 2.36. The summed E-state index contributed by atoms with van der Waals surface area (Å²) in [5, 5.41) is 9.97. The van der Waals surface area contributed by atoms with Crippen molar-refractivity contribution in [3.63, 3.8) is 0 Å². The van der Waals surface area contributed by atoms with E-state index in [4.69, 9.17) is 4.74 Å². The van der Waals surface area contributed by atoms with Gasteiger partial charge < -0.3 is 9.84 Å². The smallest absolute Gasteiger partial charge is 0.128 e. The second kappa shape index (κ2) is 3.62. The van der Waals surface area contributed by atoms with Crippen LogP contribution in [0.15, 0.2) is 12.1 Å². The maximum atomic E-state index is 9.97. The molecule has 0 aromatic heterocycles. The monoisotopic (exact) mass is 192 g/mol. The molecule has 14 heavy (non-hydrogen) atoms. The van der Waals surface area contributed by atoms with Gasteiger partial charge in [0, 0.05) is 5.56 Å². The first-order valence-corrected chi connectivity index (χ1v) is 5.11. The van der Waals surface area contributed by atoms with E-state index in [9.17, 15) is 5.11 Å². The summed E-state index contributed by atoms with van der Waals surface area (Å²) < 4.78 is 5.67. The van der Waals surface area contributed by atoms with E-state index in [1.807, 2.05) is 26.0 Å². The molecule has 1 aliphatic heterocycles. The third kappa shape index (κ3) is 1.50. The molecule has 1 N–H and O–H groups in total. The molecule has 1 aliphatic rings. The Bertz CT molecular complexity index is 344. The van der Waals surface area contributed by atoms with Gasteiger partial charge in [0.1, 0.15) is 5.75 Å². The third-order valence-corrected chi connectivity index (χ3v) is 2.81. The van der Waals surface area contributed by atoms with Crippen molar-refractivity contribution in [3.05, 3.63) is 28.8 Å². The number of hydrogen-bond acceptors (Lipinski definition) is 2. The minimum Gasteiger partial charge on any atom is -0.493 e. The molecule has 0 saturated carbocycles. The molecule has 2 nitrogen and oxygen atoms in total. The van der Waals surface area contributed by atoms with E-state index in [1.54, 1.807) is 0 Å². The minimum atomic E-state index is -0.354. The van der Waals surface area contributed by atoms with Crippen molar-refractivity contribution in [2.24, 2.45) is 0 Å². The average Bonchev–Trinajstić information content (AvgIpc) is 2.35. The summed E-state index contributed by atoms with van der Waals surface area (Å²) in [5.74, 6) is 0.898. The van der Waals surface area contributed by atoms with Gasteiger partial charge in [0.05, 0.1) is 12.7 Å². The maximum absolute atomic E-state index is 9.97. The Kier molecular flexibility index (Phi) is 2.46. The van der Waals surface area contributed by atoms with Crippen molar-refractivity contribution < 1.29 is 9.84 Å². The van der Waals surface area contributed by atoms with E-state index in [-0.39, 0.29) is 6.10 Å². The summed E-state index contributed by atoms with van der Waals surface area (Å²) >= 11 is 0. The SMILES string of the molecule is Cc1ccc(C)c2c1OCCC[C@@H]2O. The Labute approximate surface area is 84.5 Å². The lowest BCUT2D eigenvalue weighted by Crippen LogP contribution is -2.01.